The number of nitrogens with zero attached hydrogens (tertiary/aromatic N) is 2. The van der Waals surface area contributed by atoms with Gasteiger partial charge in [0, 0.05) is 17.4 Å². The maximum atomic E-state index is 6.02. The van der Waals surface area contributed by atoms with Crippen LogP contribution in [0.1, 0.15) is 0 Å². The smallest absolute Gasteiger partial charge is 0.187 e. The van der Waals surface area contributed by atoms with Crippen LogP contribution in [0.3, 0.4) is 0 Å². The summed E-state index contributed by atoms with van der Waals surface area (Å²) in [6, 6.07) is 17.7. The van der Waals surface area contributed by atoms with Crippen LogP contribution in [-0.4, -0.2) is 23.2 Å². The van der Waals surface area contributed by atoms with Crippen LogP contribution in [0.5, 0.6) is 11.5 Å². The zero-order chi connectivity index (χ0) is 21.5. The molecule has 0 radical (unpaired) electrons. The van der Waals surface area contributed by atoms with E-state index in [0.29, 0.717) is 30.4 Å². The van der Waals surface area contributed by atoms with Crippen LogP contribution < -0.4 is 20.5 Å². The quantitative estimate of drug-likeness (QED) is 0.313. The Morgan fingerprint density at radius 1 is 0.844 bits per heavy atom. The molecule has 0 bridgehead atoms. The fourth-order valence-corrected chi connectivity index (χ4v) is 5.13. The minimum atomic E-state index is 0.480. The first-order valence-corrected chi connectivity index (χ1v) is 11.9. The fourth-order valence-electron chi connectivity index (χ4n) is 3.70. The second-order valence-electron chi connectivity index (χ2n) is 7.27. The average Bonchev–Trinajstić information content (AvgIpc) is 3.54. The van der Waals surface area contributed by atoms with Gasteiger partial charge in [0.2, 0.25) is 0 Å². The first-order chi connectivity index (χ1) is 15.8. The Hall–Kier alpha value is -3.62. The van der Waals surface area contributed by atoms with Crippen molar-refractivity contribution in [1.29, 1.82) is 0 Å². The molecule has 4 heterocycles. The van der Waals surface area contributed by atoms with E-state index in [2.05, 4.69) is 28.2 Å². The maximum Gasteiger partial charge on any atom is 0.187 e. The zero-order valence-corrected chi connectivity index (χ0v) is 18.5. The number of nitrogens with one attached hydrogen (secondary N) is 1. The zero-order valence-electron chi connectivity index (χ0n) is 16.9. The van der Waals surface area contributed by atoms with Crippen LogP contribution in [-0.2, 0) is 0 Å². The second kappa shape index (κ2) is 7.81. The summed E-state index contributed by atoms with van der Waals surface area (Å²) in [5.41, 5.74) is 11.4. The minimum absolute atomic E-state index is 0.480. The van der Waals surface area contributed by atoms with Crippen molar-refractivity contribution in [1.82, 2.24) is 9.97 Å². The van der Waals surface area contributed by atoms with Crippen LogP contribution in [0.25, 0.3) is 32.2 Å². The molecule has 32 heavy (non-hydrogen) atoms. The predicted molar refractivity (Wildman–Crippen MR) is 131 cm³/mol. The number of aromatic nitrogens is 2. The number of rotatable bonds is 4. The number of benzene rings is 2. The van der Waals surface area contributed by atoms with Gasteiger partial charge in [-0.1, -0.05) is 12.1 Å². The van der Waals surface area contributed by atoms with E-state index in [1.807, 2.05) is 42.5 Å². The molecule has 0 fully saturated rings. The summed E-state index contributed by atoms with van der Waals surface area (Å²) in [6.07, 6.45) is 0. The molecule has 0 unspecified atom stereocenters. The van der Waals surface area contributed by atoms with Gasteiger partial charge in [-0.15, -0.1) is 22.7 Å². The van der Waals surface area contributed by atoms with Gasteiger partial charge in [-0.2, -0.15) is 0 Å². The molecule has 158 valence electrons. The molecule has 0 spiro atoms. The van der Waals surface area contributed by atoms with Crippen molar-refractivity contribution < 1.29 is 9.47 Å². The van der Waals surface area contributed by atoms with E-state index in [-0.39, 0.29) is 0 Å². The van der Waals surface area contributed by atoms with Gasteiger partial charge in [0.25, 0.3) is 0 Å². The van der Waals surface area contributed by atoms with E-state index in [0.717, 1.165) is 43.6 Å². The molecule has 0 amide bonds. The third kappa shape index (κ3) is 3.34. The van der Waals surface area contributed by atoms with Crippen molar-refractivity contribution >= 4 is 50.8 Å². The number of hydrogen-bond donors (Lipinski definition) is 2. The summed E-state index contributed by atoms with van der Waals surface area (Å²) in [5, 5.41) is 7.58. The van der Waals surface area contributed by atoms with Crippen molar-refractivity contribution in [2.24, 2.45) is 0 Å². The number of thiophene rings is 2. The largest absolute Gasteiger partial charge is 0.486 e. The lowest BCUT2D eigenvalue weighted by Gasteiger charge is -2.23. The summed E-state index contributed by atoms with van der Waals surface area (Å²) < 4.78 is 11.9. The van der Waals surface area contributed by atoms with Crippen LogP contribution >= 0.6 is 22.7 Å². The topological polar surface area (TPSA) is 82.3 Å². The summed E-state index contributed by atoms with van der Waals surface area (Å²) in [5.74, 6) is 1.31. The molecule has 1 aliphatic heterocycles. The Kier molecular flexibility index (Phi) is 4.66. The normalized spacial score (nSPS) is 12.8. The van der Waals surface area contributed by atoms with Gasteiger partial charge < -0.3 is 20.5 Å². The van der Waals surface area contributed by atoms with Crippen molar-refractivity contribution in [2.45, 2.75) is 0 Å². The molecule has 2 aromatic carbocycles. The van der Waals surface area contributed by atoms with Crippen molar-refractivity contribution in [2.75, 3.05) is 24.3 Å². The molecule has 5 aromatic rings. The van der Waals surface area contributed by atoms with Gasteiger partial charge in [-0.25, -0.2) is 9.97 Å². The lowest BCUT2D eigenvalue weighted by molar-refractivity contribution is 0.173. The Bertz CT molecular complexity index is 1400. The van der Waals surface area contributed by atoms with Gasteiger partial charge in [-0.05, 0) is 47.2 Å². The molecule has 6 nitrogen and oxygen atoms in total. The highest BCUT2D eigenvalue weighted by molar-refractivity contribution is 7.14. The monoisotopic (exact) mass is 458 g/mol. The van der Waals surface area contributed by atoms with E-state index in [1.165, 1.54) is 0 Å². The minimum Gasteiger partial charge on any atom is -0.486 e. The van der Waals surface area contributed by atoms with Crippen molar-refractivity contribution in [3.8, 4) is 32.6 Å². The summed E-state index contributed by atoms with van der Waals surface area (Å²) in [7, 11) is 0. The lowest BCUT2D eigenvalue weighted by Crippen LogP contribution is -2.17. The maximum absolute atomic E-state index is 6.02. The van der Waals surface area contributed by atoms with Crippen LogP contribution in [0.2, 0.25) is 0 Å². The van der Waals surface area contributed by atoms with Gasteiger partial charge in [0.1, 0.15) is 35.8 Å². The highest BCUT2D eigenvalue weighted by Gasteiger charge is 2.24. The highest BCUT2D eigenvalue weighted by Crippen LogP contribution is 2.45. The predicted octanol–water partition coefficient (Wildman–Crippen LogP) is 6.18. The molecular formula is C24H18N4O2S2. The molecule has 6 rings (SSSR count). The average molecular weight is 459 g/mol. The van der Waals surface area contributed by atoms with Gasteiger partial charge in [-0.3, -0.25) is 0 Å². The summed E-state index contributed by atoms with van der Waals surface area (Å²) in [6.45, 7) is 0.978. The van der Waals surface area contributed by atoms with Crippen molar-refractivity contribution in [3.05, 3.63) is 65.4 Å². The molecular weight excluding hydrogens is 440 g/mol. The number of anilines is 3. The highest BCUT2D eigenvalue weighted by atomic mass is 32.1. The van der Waals surface area contributed by atoms with E-state index >= 15 is 0 Å². The number of hydrogen-bond acceptors (Lipinski definition) is 8. The van der Waals surface area contributed by atoms with Crippen LogP contribution in [0.4, 0.5) is 17.1 Å². The van der Waals surface area contributed by atoms with Gasteiger partial charge in [0.05, 0.1) is 15.3 Å². The summed E-state index contributed by atoms with van der Waals surface area (Å²) in [4.78, 5) is 12.3. The molecule has 3 aromatic heterocycles. The second-order valence-corrected chi connectivity index (χ2v) is 9.16. The Morgan fingerprint density at radius 3 is 2.22 bits per heavy atom. The third-order valence-corrected chi connectivity index (χ3v) is 6.91. The number of nitrogen functional groups attached to an aromatic ring is 1. The van der Waals surface area contributed by atoms with Gasteiger partial charge >= 0.3 is 0 Å². The summed E-state index contributed by atoms with van der Waals surface area (Å²) >= 11 is 3.30. The van der Waals surface area contributed by atoms with Crippen molar-refractivity contribution in [3.63, 3.8) is 0 Å². The third-order valence-electron chi connectivity index (χ3n) is 5.15. The Labute approximate surface area is 192 Å². The molecule has 8 heteroatoms. The Balaban J connectivity index is 1.62. The standard InChI is InChI=1S/C24H18N4O2S2/c25-14-5-7-15(8-6-14)26-23-20-16(13-17-24(23)30-10-9-29-17)27-21(18-3-1-11-31-18)22(28-20)19-4-2-12-32-19/h1-8,11-13,26H,9-10,25H2. The van der Waals surface area contributed by atoms with E-state index < -0.39 is 0 Å². The van der Waals surface area contributed by atoms with E-state index in [9.17, 15) is 0 Å². The fraction of sp³-hybridized carbons (Fsp3) is 0.0833. The van der Waals surface area contributed by atoms with Crippen LogP contribution in [0, 0.1) is 0 Å². The SMILES string of the molecule is Nc1ccc(Nc2c3c(cc4nc(-c5cccs5)c(-c5cccs5)nc24)OCCO3)cc1. The lowest BCUT2D eigenvalue weighted by atomic mass is 10.1. The number of fused-ring (bicyclic) bond motifs is 2. The molecule has 0 aliphatic carbocycles. The first kappa shape index (κ1) is 19.1. The van der Waals surface area contributed by atoms with Gasteiger partial charge in [0.15, 0.2) is 11.5 Å². The van der Waals surface area contributed by atoms with E-state index in [4.69, 9.17) is 25.2 Å². The molecule has 0 saturated heterocycles. The first-order valence-electron chi connectivity index (χ1n) is 10.1. The van der Waals surface area contributed by atoms with Crippen LogP contribution in [0.15, 0.2) is 65.4 Å². The molecule has 1 aliphatic rings. The molecule has 0 saturated carbocycles. The number of nitrogens with two attached hydrogens (primary N) is 1. The molecule has 3 N–H and O–H groups in total. The number of ether oxygens (including phenoxy) is 2. The van der Waals surface area contributed by atoms with E-state index in [1.54, 1.807) is 22.7 Å². The molecule has 0 atom stereocenters. The Morgan fingerprint density at radius 2 is 1.53 bits per heavy atom.